The summed E-state index contributed by atoms with van der Waals surface area (Å²) in [5.41, 5.74) is 1.75. The predicted molar refractivity (Wildman–Crippen MR) is 108 cm³/mol. The van der Waals surface area contributed by atoms with E-state index in [1.807, 2.05) is 6.92 Å². The number of aromatic nitrogens is 1. The van der Waals surface area contributed by atoms with E-state index in [-0.39, 0.29) is 36.8 Å². The molecular formula is C19H18BrNO6S. The number of ether oxygens (including phenoxy) is 2. The van der Waals surface area contributed by atoms with Crippen LogP contribution < -0.4 is 4.87 Å². The van der Waals surface area contributed by atoms with Gasteiger partial charge in [-0.2, -0.15) is 0 Å². The molecule has 9 heteroatoms. The van der Waals surface area contributed by atoms with Crippen LogP contribution in [0.1, 0.15) is 35.2 Å². The Hall–Kier alpha value is -2.39. The molecule has 0 saturated carbocycles. The number of carbonyl (C=O) groups excluding carboxylic acids is 2. The molecule has 0 amide bonds. The average molecular weight is 468 g/mol. The lowest BCUT2D eigenvalue weighted by Gasteiger charge is -2.07. The van der Waals surface area contributed by atoms with Crippen LogP contribution in [0.15, 0.2) is 37.3 Å². The number of nitrogens with zero attached hydrogens (tertiary/aromatic N) is 1. The lowest BCUT2D eigenvalue weighted by molar-refractivity contribution is -0.145. The lowest BCUT2D eigenvalue weighted by atomic mass is 10.1. The zero-order chi connectivity index (χ0) is 20.3. The summed E-state index contributed by atoms with van der Waals surface area (Å²) in [6.07, 6.45) is 0.0473. The van der Waals surface area contributed by atoms with Crippen LogP contribution in [0.3, 0.4) is 0 Å². The topological polar surface area (TPSA) is 87.7 Å². The van der Waals surface area contributed by atoms with Crippen molar-refractivity contribution in [2.24, 2.45) is 0 Å². The number of hydrogen-bond donors (Lipinski definition) is 0. The Bertz CT molecular complexity index is 1080. The largest absolute Gasteiger partial charge is 0.461 e. The van der Waals surface area contributed by atoms with E-state index in [9.17, 15) is 14.4 Å². The fourth-order valence-corrected chi connectivity index (χ4v) is 3.85. The second-order valence-electron chi connectivity index (χ2n) is 5.98. The molecule has 0 N–H and O–H groups in total. The van der Waals surface area contributed by atoms with Crippen LogP contribution in [0.25, 0.3) is 11.0 Å². The molecule has 0 spiro atoms. The van der Waals surface area contributed by atoms with Crippen LogP contribution in [0.4, 0.5) is 0 Å². The second kappa shape index (κ2) is 8.74. The second-order valence-corrected chi connectivity index (χ2v) is 7.71. The highest BCUT2D eigenvalue weighted by molar-refractivity contribution is 9.10. The molecule has 0 bridgehead atoms. The molecule has 0 saturated heterocycles. The first-order valence-corrected chi connectivity index (χ1v) is 10.3. The number of fused-ring (bicyclic) bond motifs is 1. The molecule has 28 heavy (non-hydrogen) atoms. The number of benzene rings is 1. The van der Waals surface area contributed by atoms with E-state index >= 15 is 0 Å². The van der Waals surface area contributed by atoms with Crippen molar-refractivity contribution >= 4 is 50.2 Å². The third kappa shape index (κ3) is 4.36. The predicted octanol–water partition coefficient (Wildman–Crippen LogP) is 4.04. The summed E-state index contributed by atoms with van der Waals surface area (Å²) >= 11 is 4.48. The molecule has 3 rings (SSSR count). The van der Waals surface area contributed by atoms with Gasteiger partial charge < -0.3 is 18.5 Å². The van der Waals surface area contributed by atoms with Gasteiger partial charge in [-0.25, -0.2) is 4.79 Å². The SMILES string of the molecule is CCOC(=O)c1oc2ccc(Br)cc2c1COC(=O)CCn1c(C)csc1=O. The molecule has 0 aliphatic heterocycles. The Morgan fingerprint density at radius 1 is 1.29 bits per heavy atom. The number of halogens is 1. The molecule has 0 atom stereocenters. The number of esters is 2. The smallest absolute Gasteiger partial charge is 0.374 e. The van der Waals surface area contributed by atoms with E-state index in [1.54, 1.807) is 30.5 Å². The molecule has 0 aliphatic carbocycles. The van der Waals surface area contributed by atoms with Crippen molar-refractivity contribution in [1.82, 2.24) is 4.57 Å². The summed E-state index contributed by atoms with van der Waals surface area (Å²) in [6.45, 7) is 3.83. The zero-order valence-electron chi connectivity index (χ0n) is 15.3. The zero-order valence-corrected chi connectivity index (χ0v) is 17.7. The van der Waals surface area contributed by atoms with Crippen LogP contribution in [0.2, 0.25) is 0 Å². The van der Waals surface area contributed by atoms with Gasteiger partial charge in [-0.05, 0) is 32.0 Å². The van der Waals surface area contributed by atoms with Crippen molar-refractivity contribution in [1.29, 1.82) is 0 Å². The van der Waals surface area contributed by atoms with Gasteiger partial charge in [0.1, 0.15) is 12.2 Å². The van der Waals surface area contributed by atoms with Crippen molar-refractivity contribution in [3.05, 3.63) is 54.7 Å². The molecule has 0 fully saturated rings. The third-order valence-electron chi connectivity index (χ3n) is 4.11. The molecule has 1 aromatic carbocycles. The fourth-order valence-electron chi connectivity index (χ4n) is 2.73. The van der Waals surface area contributed by atoms with Crippen LogP contribution in [-0.4, -0.2) is 23.1 Å². The van der Waals surface area contributed by atoms with Gasteiger partial charge in [-0.3, -0.25) is 9.59 Å². The first-order chi connectivity index (χ1) is 13.4. The van der Waals surface area contributed by atoms with Gasteiger partial charge in [0.15, 0.2) is 0 Å². The normalized spacial score (nSPS) is 11.0. The fraction of sp³-hybridized carbons (Fsp3) is 0.316. The van der Waals surface area contributed by atoms with E-state index in [1.165, 1.54) is 4.57 Å². The maximum atomic E-state index is 12.2. The van der Waals surface area contributed by atoms with Gasteiger partial charge in [0, 0.05) is 27.5 Å². The Morgan fingerprint density at radius 3 is 2.75 bits per heavy atom. The van der Waals surface area contributed by atoms with Gasteiger partial charge in [0.05, 0.1) is 18.6 Å². The van der Waals surface area contributed by atoms with Crippen molar-refractivity contribution in [2.75, 3.05) is 6.61 Å². The minimum atomic E-state index is -0.610. The molecule has 148 valence electrons. The molecule has 2 heterocycles. The summed E-state index contributed by atoms with van der Waals surface area (Å²) < 4.78 is 18.3. The minimum absolute atomic E-state index is 0.0210. The Balaban J connectivity index is 1.76. The summed E-state index contributed by atoms with van der Waals surface area (Å²) in [7, 11) is 0. The highest BCUT2D eigenvalue weighted by Crippen LogP contribution is 2.30. The highest BCUT2D eigenvalue weighted by atomic mass is 79.9. The number of furan rings is 1. The van der Waals surface area contributed by atoms with E-state index in [4.69, 9.17) is 13.9 Å². The minimum Gasteiger partial charge on any atom is -0.461 e. The first-order valence-electron chi connectivity index (χ1n) is 8.59. The Kier molecular flexibility index (Phi) is 6.35. The van der Waals surface area contributed by atoms with Crippen molar-refractivity contribution in [3.8, 4) is 0 Å². The summed E-state index contributed by atoms with van der Waals surface area (Å²) in [4.78, 5) is 36.0. The molecule has 3 aromatic rings. The summed E-state index contributed by atoms with van der Waals surface area (Å²) in [6, 6.07) is 5.30. The highest BCUT2D eigenvalue weighted by Gasteiger charge is 2.23. The van der Waals surface area contributed by atoms with Gasteiger partial charge in [0.2, 0.25) is 5.76 Å². The summed E-state index contributed by atoms with van der Waals surface area (Å²) in [5, 5.41) is 2.41. The molecule has 7 nitrogen and oxygen atoms in total. The maximum absolute atomic E-state index is 12.2. The van der Waals surface area contributed by atoms with E-state index in [2.05, 4.69) is 15.9 Å². The van der Waals surface area contributed by atoms with Crippen molar-refractivity contribution < 1.29 is 23.5 Å². The van der Waals surface area contributed by atoms with Gasteiger partial charge in [-0.15, -0.1) is 0 Å². The van der Waals surface area contributed by atoms with Crippen molar-refractivity contribution in [2.45, 2.75) is 33.4 Å². The Labute approximate surface area is 173 Å². The monoisotopic (exact) mass is 467 g/mol. The van der Waals surface area contributed by atoms with E-state index in [0.29, 0.717) is 16.5 Å². The number of carbonyl (C=O) groups is 2. The van der Waals surface area contributed by atoms with Crippen LogP contribution in [-0.2, 0) is 27.4 Å². The molecular weight excluding hydrogens is 450 g/mol. The third-order valence-corrected chi connectivity index (χ3v) is 5.48. The molecule has 0 aliphatic rings. The summed E-state index contributed by atoms with van der Waals surface area (Å²) in [5.74, 6) is -1.06. The van der Waals surface area contributed by atoms with Gasteiger partial charge in [0.25, 0.3) is 0 Å². The Morgan fingerprint density at radius 2 is 2.07 bits per heavy atom. The van der Waals surface area contributed by atoms with Crippen molar-refractivity contribution in [3.63, 3.8) is 0 Å². The van der Waals surface area contributed by atoms with Gasteiger partial charge in [-0.1, -0.05) is 27.3 Å². The van der Waals surface area contributed by atoms with E-state index < -0.39 is 11.9 Å². The van der Waals surface area contributed by atoms with Crippen LogP contribution >= 0.6 is 27.3 Å². The van der Waals surface area contributed by atoms with Crippen LogP contribution in [0, 0.1) is 6.92 Å². The van der Waals surface area contributed by atoms with Crippen LogP contribution in [0.5, 0.6) is 0 Å². The first kappa shape index (κ1) is 20.3. The lowest BCUT2D eigenvalue weighted by Crippen LogP contribution is -2.18. The maximum Gasteiger partial charge on any atom is 0.374 e. The standard InChI is InChI=1S/C19H18BrNO6S/c1-3-25-18(23)17-14(13-8-12(20)4-5-15(13)27-17)9-26-16(22)6-7-21-11(2)10-28-19(21)24/h4-5,8,10H,3,6-7,9H2,1-2H3. The molecule has 0 radical (unpaired) electrons. The molecule has 0 unspecified atom stereocenters. The van der Waals surface area contributed by atoms with E-state index in [0.717, 1.165) is 21.5 Å². The number of thiazole rings is 1. The van der Waals surface area contributed by atoms with Gasteiger partial charge >= 0.3 is 16.8 Å². The number of hydrogen-bond acceptors (Lipinski definition) is 7. The average Bonchev–Trinajstić information content (AvgIpc) is 3.18. The molecule has 2 aromatic heterocycles. The number of aryl methyl sites for hydroxylation is 1. The number of rotatable bonds is 7. The quantitative estimate of drug-likeness (QED) is 0.487.